The van der Waals surface area contributed by atoms with Crippen molar-refractivity contribution in [1.29, 1.82) is 0 Å². The molecule has 4 unspecified atom stereocenters. The van der Waals surface area contributed by atoms with Crippen LogP contribution in [0.25, 0.3) is 0 Å². The number of halogens is 1. The van der Waals surface area contributed by atoms with E-state index >= 15 is 0 Å². The van der Waals surface area contributed by atoms with E-state index in [9.17, 15) is 19.2 Å². The van der Waals surface area contributed by atoms with Gasteiger partial charge in [-0.1, -0.05) is 96.9 Å². The number of nitrogens with one attached hydrogen (secondary N) is 1. The number of carbonyl (C=O) groups is 4. The number of aromatic nitrogens is 3. The number of H-pyrrole nitrogens is 1. The number of ketones is 2. The predicted molar refractivity (Wildman–Crippen MR) is 252 cm³/mol. The van der Waals surface area contributed by atoms with E-state index in [1.807, 2.05) is 53.2 Å². The smallest absolute Gasteiger partial charge is 0.309 e. The molecule has 0 aliphatic heterocycles. The number of quaternary nitrogens is 1. The molecule has 0 spiro atoms. The highest BCUT2D eigenvalue weighted by Gasteiger charge is 2.26. The Hall–Kier alpha value is -3.15. The summed E-state index contributed by atoms with van der Waals surface area (Å²) in [7, 11) is 6.35. The molecule has 0 radical (unpaired) electrons. The number of aliphatic carboxylic acids is 2. The van der Waals surface area contributed by atoms with Crippen LogP contribution in [-0.2, 0) is 19.2 Å². The number of carboxylic acid groups (broad SMARTS) is 2. The molecule has 0 saturated carbocycles. The van der Waals surface area contributed by atoms with E-state index in [4.69, 9.17) is 10.2 Å². The third kappa shape index (κ3) is 36.1. The van der Waals surface area contributed by atoms with Gasteiger partial charge in [0.25, 0.3) is 0 Å². The molecule has 2 aromatic rings. The lowest BCUT2D eigenvalue weighted by Gasteiger charge is -2.26. The number of imidazole rings is 1. The average molecular weight is 885 g/mol. The van der Waals surface area contributed by atoms with E-state index in [2.05, 4.69) is 109 Å². The number of carboxylic acids is 2. The quantitative estimate of drug-likeness (QED) is 0.111. The lowest BCUT2D eigenvalue weighted by molar-refractivity contribution is -0.869. The predicted octanol–water partition coefficient (Wildman–Crippen LogP) is 8.57. The first-order valence-corrected chi connectivity index (χ1v) is 22.6. The Morgan fingerprint density at radius 1 is 0.705 bits per heavy atom. The van der Waals surface area contributed by atoms with Gasteiger partial charge in [-0.3, -0.25) is 24.2 Å². The van der Waals surface area contributed by atoms with Gasteiger partial charge in [-0.25, -0.2) is 4.98 Å². The Labute approximate surface area is 380 Å². The molecule has 11 nitrogen and oxygen atoms in total. The van der Waals surface area contributed by atoms with Crippen molar-refractivity contribution in [3.63, 3.8) is 0 Å². The topological polar surface area (TPSA) is 154 Å². The van der Waals surface area contributed by atoms with Crippen molar-refractivity contribution in [1.82, 2.24) is 19.9 Å². The highest BCUT2D eigenvalue weighted by atomic mass is 35.5. The van der Waals surface area contributed by atoms with Crippen LogP contribution in [0.15, 0.2) is 37.1 Å². The summed E-state index contributed by atoms with van der Waals surface area (Å²) < 4.78 is 0.867. The molecule has 0 aliphatic carbocycles. The van der Waals surface area contributed by atoms with Gasteiger partial charge in [-0.05, 0) is 95.0 Å². The van der Waals surface area contributed by atoms with E-state index in [0.717, 1.165) is 56.3 Å². The van der Waals surface area contributed by atoms with Crippen LogP contribution in [0.1, 0.15) is 185 Å². The van der Waals surface area contributed by atoms with Crippen LogP contribution in [-0.4, -0.2) is 105 Å². The minimum atomic E-state index is -0.722. The molecule has 0 aliphatic rings. The third-order valence-corrected chi connectivity index (χ3v) is 11.4. The molecule has 2 heterocycles. The van der Waals surface area contributed by atoms with E-state index in [1.165, 1.54) is 24.1 Å². The van der Waals surface area contributed by atoms with Crippen LogP contribution in [0.4, 0.5) is 0 Å². The zero-order chi connectivity index (χ0) is 47.7. The highest BCUT2D eigenvalue weighted by Crippen LogP contribution is 2.23. The van der Waals surface area contributed by atoms with E-state index in [0.29, 0.717) is 36.2 Å². The molecule has 12 heteroatoms. The van der Waals surface area contributed by atoms with Gasteiger partial charge in [-0.2, -0.15) is 0 Å². The van der Waals surface area contributed by atoms with Gasteiger partial charge in [0.1, 0.15) is 11.6 Å². The third-order valence-electron chi connectivity index (χ3n) is 11.4. The molecular formula is C49H94ClN5O6. The van der Waals surface area contributed by atoms with Crippen molar-refractivity contribution in [2.75, 3.05) is 47.3 Å². The van der Waals surface area contributed by atoms with Crippen molar-refractivity contribution in [3.05, 3.63) is 48.3 Å². The lowest BCUT2D eigenvalue weighted by Crippen LogP contribution is -3.00. The Morgan fingerprint density at radius 3 is 1.48 bits per heavy atom. The first-order chi connectivity index (χ1) is 27.7. The number of rotatable bonds is 20. The summed E-state index contributed by atoms with van der Waals surface area (Å²) in [6.45, 7) is 36.1. The summed E-state index contributed by atoms with van der Waals surface area (Å²) in [5.41, 5.74) is 1.95. The molecule has 2 aromatic heterocycles. The average Bonchev–Trinajstić information content (AvgIpc) is 3.78. The highest BCUT2D eigenvalue weighted by molar-refractivity contribution is 5.84. The van der Waals surface area contributed by atoms with Crippen molar-refractivity contribution < 1.29 is 46.3 Å². The normalized spacial score (nSPS) is 12.8. The Kier molecular flexibility index (Phi) is 41.1. The van der Waals surface area contributed by atoms with Crippen molar-refractivity contribution in [2.24, 2.45) is 22.7 Å². The molecule has 4 atom stereocenters. The summed E-state index contributed by atoms with van der Waals surface area (Å²) >= 11 is 0. The standard InChI is InChI=1S/C11H24NO.C11H23NO.C9H13N.C7H12N2.C6H12O2.C5H10O2.ClH/c1-7-11(2,3)10(13)8-9-12(4,5)6;1-5-10(4)11(13)8-9-12(6-2)7-3;1-3-8(2)9-4-6-10-7-5-9;1-3-6(2)7-4-8-5-9-7;1-4-6(2,3)5(7)8;1-3-4(2)5(6)7;/h7-9H2,1-6H3;10H,5-9H2,1-4H3;4-8H,3H2,1-2H3;4-6H,3H2,1-2H3,(H,8,9);4H2,1-3H3,(H,7,8);4H,3H2,1-2H3,(H,6,7);1H/q+1;;;;;;/p-1. The van der Waals surface area contributed by atoms with Crippen LogP contribution >= 0.6 is 0 Å². The molecule has 0 fully saturated rings. The number of Topliss-reactive ketones (excluding diaryl/α,β-unsaturated/α-hetero) is 2. The molecule has 0 bridgehead atoms. The first-order valence-electron chi connectivity index (χ1n) is 22.6. The molecule has 2 rings (SSSR count). The fourth-order valence-electron chi connectivity index (χ4n) is 4.26. The molecule has 0 amide bonds. The van der Waals surface area contributed by atoms with E-state index in [1.54, 1.807) is 27.1 Å². The second kappa shape index (κ2) is 37.4. The van der Waals surface area contributed by atoms with Crippen LogP contribution in [0.3, 0.4) is 0 Å². The largest absolute Gasteiger partial charge is 1.00 e. The van der Waals surface area contributed by atoms with Crippen molar-refractivity contribution in [3.8, 4) is 0 Å². The van der Waals surface area contributed by atoms with E-state index in [-0.39, 0.29) is 29.7 Å². The van der Waals surface area contributed by atoms with Gasteiger partial charge in [0, 0.05) is 48.6 Å². The second-order valence-corrected chi connectivity index (χ2v) is 18.1. The van der Waals surface area contributed by atoms with Gasteiger partial charge in [-0.15, -0.1) is 0 Å². The molecular weight excluding hydrogens is 790 g/mol. The Bertz CT molecular complexity index is 1360. The fraction of sp³-hybridized carbons (Fsp3) is 0.755. The minimum Gasteiger partial charge on any atom is -1.00 e. The molecule has 61 heavy (non-hydrogen) atoms. The van der Waals surface area contributed by atoms with Crippen LogP contribution in [0.5, 0.6) is 0 Å². The molecule has 3 N–H and O–H groups in total. The van der Waals surface area contributed by atoms with Gasteiger partial charge in [0.15, 0.2) is 0 Å². The van der Waals surface area contributed by atoms with Crippen LogP contribution in [0, 0.1) is 22.7 Å². The zero-order valence-corrected chi connectivity index (χ0v) is 43.2. The number of carbonyl (C=O) groups excluding carboxylic acids is 2. The van der Waals surface area contributed by atoms with Crippen LogP contribution < -0.4 is 12.4 Å². The van der Waals surface area contributed by atoms with Gasteiger partial charge >= 0.3 is 11.9 Å². The van der Waals surface area contributed by atoms with Crippen molar-refractivity contribution >= 4 is 23.5 Å². The Morgan fingerprint density at radius 2 is 1.18 bits per heavy atom. The second-order valence-electron chi connectivity index (χ2n) is 18.1. The maximum absolute atomic E-state index is 11.7. The fourth-order valence-corrected chi connectivity index (χ4v) is 4.26. The maximum Gasteiger partial charge on any atom is 0.309 e. The summed E-state index contributed by atoms with van der Waals surface area (Å²) in [5.74, 6) is 0.728. The molecule has 358 valence electrons. The van der Waals surface area contributed by atoms with Crippen molar-refractivity contribution in [2.45, 2.75) is 174 Å². The van der Waals surface area contributed by atoms with E-state index < -0.39 is 17.4 Å². The number of nitrogens with zero attached hydrogens (tertiary/aromatic N) is 4. The molecule has 0 saturated heterocycles. The maximum atomic E-state index is 11.7. The van der Waals surface area contributed by atoms with Gasteiger partial charge in [0.05, 0.1) is 51.8 Å². The van der Waals surface area contributed by atoms with Crippen LogP contribution in [0.2, 0.25) is 0 Å². The summed E-state index contributed by atoms with van der Waals surface area (Å²) in [4.78, 5) is 56.7. The van der Waals surface area contributed by atoms with Gasteiger partial charge in [0.2, 0.25) is 0 Å². The SMILES string of the molecule is CCC(C)(C)C(=O)CC[N+](C)(C)C.CCC(C)(C)C(=O)O.CCC(C)C(=O)CCN(CC)CC.CCC(C)C(=O)O.CCC(C)c1ccncc1.CCC(C)c1cnc[nH]1.[Cl-]. The van der Waals surface area contributed by atoms with Gasteiger partial charge < -0.3 is 37.0 Å². The summed E-state index contributed by atoms with van der Waals surface area (Å²) in [6, 6.07) is 4.16. The Balaban J connectivity index is -0.000000208. The number of aromatic amines is 1. The number of hydrogen-bond acceptors (Lipinski definition) is 7. The lowest BCUT2D eigenvalue weighted by atomic mass is 9.84. The monoisotopic (exact) mass is 884 g/mol. The number of pyridine rings is 1. The zero-order valence-electron chi connectivity index (χ0n) is 42.5. The summed E-state index contributed by atoms with van der Waals surface area (Å²) in [6.07, 6.45) is 14.4. The minimum absolute atomic E-state index is 0. The molecule has 0 aromatic carbocycles. The number of hydrogen-bond donors (Lipinski definition) is 3. The summed E-state index contributed by atoms with van der Waals surface area (Å²) in [5, 5.41) is 16.6. The first kappa shape index (κ1) is 66.9.